The van der Waals surface area contributed by atoms with E-state index < -0.39 is 5.72 Å². The number of nitriles is 1. The van der Waals surface area contributed by atoms with Crippen LogP contribution in [0.1, 0.15) is 52.5 Å². The molecule has 0 bridgehead atoms. The highest BCUT2D eigenvalue weighted by molar-refractivity contribution is 5.30. The van der Waals surface area contributed by atoms with Crippen LogP contribution in [-0.4, -0.2) is 21.1 Å². The number of hydrogen-bond acceptors (Lipinski definition) is 3. The highest BCUT2D eigenvalue weighted by Crippen LogP contribution is 2.45. The fourth-order valence-electron chi connectivity index (χ4n) is 3.79. The summed E-state index contributed by atoms with van der Waals surface area (Å²) in [5.74, 6) is 0. The zero-order chi connectivity index (χ0) is 15.0. The summed E-state index contributed by atoms with van der Waals surface area (Å²) >= 11 is 0. The van der Waals surface area contributed by atoms with Gasteiger partial charge < -0.3 is 5.11 Å². The number of benzene rings is 1. The lowest BCUT2D eigenvalue weighted by molar-refractivity contribution is -0.186. The first-order valence-electron chi connectivity index (χ1n) is 7.24. The first-order valence-corrected chi connectivity index (χ1v) is 7.24. The van der Waals surface area contributed by atoms with Crippen LogP contribution in [0.15, 0.2) is 30.3 Å². The quantitative estimate of drug-likeness (QED) is 0.839. The molecule has 1 aliphatic rings. The molecule has 2 rings (SSSR count). The highest BCUT2D eigenvalue weighted by Gasteiger charge is 2.53. The van der Waals surface area contributed by atoms with Crippen molar-refractivity contribution in [3.8, 4) is 6.07 Å². The van der Waals surface area contributed by atoms with Gasteiger partial charge in [0.25, 0.3) is 0 Å². The summed E-state index contributed by atoms with van der Waals surface area (Å²) in [5, 5.41) is 20.9. The molecule has 1 N–H and O–H groups in total. The smallest absolute Gasteiger partial charge is 0.235 e. The Balaban J connectivity index is 2.57. The van der Waals surface area contributed by atoms with Crippen molar-refractivity contribution in [2.24, 2.45) is 0 Å². The van der Waals surface area contributed by atoms with Gasteiger partial charge in [0.2, 0.25) is 5.72 Å². The molecule has 1 fully saturated rings. The summed E-state index contributed by atoms with van der Waals surface area (Å²) < 4.78 is 0. The van der Waals surface area contributed by atoms with Gasteiger partial charge >= 0.3 is 0 Å². The minimum absolute atomic E-state index is 0.220. The van der Waals surface area contributed by atoms with Crippen LogP contribution in [0, 0.1) is 11.3 Å². The Morgan fingerprint density at radius 2 is 1.60 bits per heavy atom. The van der Waals surface area contributed by atoms with Crippen molar-refractivity contribution in [3.63, 3.8) is 0 Å². The molecule has 3 nitrogen and oxygen atoms in total. The van der Waals surface area contributed by atoms with Gasteiger partial charge in [-0.3, -0.25) is 0 Å². The third kappa shape index (κ3) is 2.34. The van der Waals surface area contributed by atoms with Crippen LogP contribution >= 0.6 is 0 Å². The second-order valence-electron chi connectivity index (χ2n) is 6.96. The molecule has 1 saturated heterocycles. The van der Waals surface area contributed by atoms with E-state index in [9.17, 15) is 10.4 Å². The maximum atomic E-state index is 11.2. The third-order valence-corrected chi connectivity index (χ3v) is 4.44. The molecule has 0 radical (unpaired) electrons. The second-order valence-corrected chi connectivity index (χ2v) is 6.96. The average molecular weight is 272 g/mol. The van der Waals surface area contributed by atoms with Gasteiger partial charge in [-0.15, -0.1) is 0 Å². The summed E-state index contributed by atoms with van der Waals surface area (Å²) in [4.78, 5) is 1.99. The molecule has 108 valence electrons. The van der Waals surface area contributed by atoms with Crippen LogP contribution in [0.3, 0.4) is 0 Å². The van der Waals surface area contributed by atoms with Crippen molar-refractivity contribution in [3.05, 3.63) is 35.9 Å². The average Bonchev–Trinajstić information content (AvgIpc) is 2.37. The Hall–Kier alpha value is -1.37. The molecule has 20 heavy (non-hydrogen) atoms. The van der Waals surface area contributed by atoms with Crippen molar-refractivity contribution < 1.29 is 5.11 Å². The molecule has 1 aromatic rings. The molecule has 1 atom stereocenters. The first-order chi connectivity index (χ1) is 9.24. The molecular formula is C17H24N2O. The van der Waals surface area contributed by atoms with E-state index in [1.807, 2.05) is 35.2 Å². The van der Waals surface area contributed by atoms with Gasteiger partial charge in [-0.25, -0.2) is 4.90 Å². The number of rotatable bonds is 2. The van der Waals surface area contributed by atoms with Crippen molar-refractivity contribution in [1.82, 2.24) is 4.90 Å². The van der Waals surface area contributed by atoms with Crippen LogP contribution < -0.4 is 0 Å². The molecule has 1 aromatic carbocycles. The zero-order valence-corrected chi connectivity index (χ0v) is 12.8. The second kappa shape index (κ2) is 4.87. The number of likely N-dealkylation sites (tertiary alicyclic amines) is 1. The summed E-state index contributed by atoms with van der Waals surface area (Å²) in [6.45, 7) is 8.44. The van der Waals surface area contributed by atoms with Crippen LogP contribution in [0.2, 0.25) is 0 Å². The SMILES string of the molecule is CC1(C)CCCC(C)(C)N1C(O)(C#N)c1ccccc1. The van der Waals surface area contributed by atoms with Crippen LogP contribution in [0.5, 0.6) is 0 Å². The molecule has 1 heterocycles. The van der Waals surface area contributed by atoms with Gasteiger partial charge in [-0.2, -0.15) is 5.26 Å². The molecular weight excluding hydrogens is 248 g/mol. The fourth-order valence-corrected chi connectivity index (χ4v) is 3.79. The summed E-state index contributed by atoms with van der Waals surface area (Å²) in [5.41, 5.74) is -1.38. The Kier molecular flexibility index (Phi) is 3.66. The van der Waals surface area contributed by atoms with Crippen molar-refractivity contribution >= 4 is 0 Å². The monoisotopic (exact) mass is 272 g/mol. The number of piperidine rings is 1. The van der Waals surface area contributed by atoms with E-state index in [4.69, 9.17) is 0 Å². The summed E-state index contributed by atoms with van der Waals surface area (Å²) in [6.07, 6.45) is 3.08. The number of nitrogens with zero attached hydrogens (tertiary/aromatic N) is 2. The van der Waals surface area contributed by atoms with Gasteiger partial charge in [0.15, 0.2) is 0 Å². The molecule has 1 aliphatic heterocycles. The maximum Gasteiger partial charge on any atom is 0.235 e. The normalized spacial score (nSPS) is 24.6. The molecule has 0 saturated carbocycles. The van der Waals surface area contributed by atoms with Gasteiger partial charge in [0, 0.05) is 16.6 Å². The standard InChI is InChI=1S/C17H24N2O/c1-15(2)11-8-12-16(3,4)19(15)17(20,13-18)14-9-6-5-7-10-14/h5-7,9-10,20H,8,11-12H2,1-4H3. The number of aliphatic hydroxyl groups is 1. The van der Waals surface area contributed by atoms with Crippen molar-refractivity contribution in [2.75, 3.05) is 0 Å². The summed E-state index contributed by atoms with van der Waals surface area (Å²) in [7, 11) is 0. The van der Waals surface area contributed by atoms with E-state index in [0.717, 1.165) is 19.3 Å². The lowest BCUT2D eigenvalue weighted by atomic mass is 9.76. The van der Waals surface area contributed by atoms with Gasteiger partial charge in [0.05, 0.1) is 0 Å². The van der Waals surface area contributed by atoms with Crippen LogP contribution in [0.4, 0.5) is 0 Å². The van der Waals surface area contributed by atoms with Gasteiger partial charge in [-0.1, -0.05) is 30.3 Å². The molecule has 0 aromatic heterocycles. The van der Waals surface area contributed by atoms with Gasteiger partial charge in [-0.05, 0) is 47.0 Å². The third-order valence-electron chi connectivity index (χ3n) is 4.44. The minimum Gasteiger partial charge on any atom is -0.360 e. The van der Waals surface area contributed by atoms with Crippen LogP contribution in [-0.2, 0) is 5.72 Å². The molecule has 3 heteroatoms. The highest BCUT2D eigenvalue weighted by atomic mass is 16.3. The van der Waals surface area contributed by atoms with E-state index in [-0.39, 0.29) is 11.1 Å². The summed E-state index contributed by atoms with van der Waals surface area (Å²) in [6, 6.07) is 11.4. The van der Waals surface area contributed by atoms with Crippen LogP contribution in [0.25, 0.3) is 0 Å². The van der Waals surface area contributed by atoms with Crippen molar-refractivity contribution in [2.45, 2.75) is 63.8 Å². The molecule has 0 aliphatic carbocycles. The molecule has 1 unspecified atom stereocenters. The first kappa shape index (κ1) is 15.0. The van der Waals surface area contributed by atoms with E-state index in [0.29, 0.717) is 5.56 Å². The Morgan fingerprint density at radius 1 is 1.10 bits per heavy atom. The van der Waals surface area contributed by atoms with E-state index in [2.05, 4.69) is 33.8 Å². The Labute approximate surface area is 121 Å². The number of hydrogen-bond donors (Lipinski definition) is 1. The largest absolute Gasteiger partial charge is 0.360 e. The molecule has 0 amide bonds. The zero-order valence-electron chi connectivity index (χ0n) is 12.8. The minimum atomic E-state index is -1.59. The fraction of sp³-hybridized carbons (Fsp3) is 0.588. The lowest BCUT2D eigenvalue weighted by Gasteiger charge is -2.57. The topological polar surface area (TPSA) is 47.3 Å². The molecule has 0 spiro atoms. The maximum absolute atomic E-state index is 11.2. The Morgan fingerprint density at radius 3 is 2.05 bits per heavy atom. The van der Waals surface area contributed by atoms with E-state index >= 15 is 0 Å². The van der Waals surface area contributed by atoms with E-state index in [1.54, 1.807) is 0 Å². The van der Waals surface area contributed by atoms with Crippen molar-refractivity contribution in [1.29, 1.82) is 5.26 Å². The predicted molar refractivity (Wildman–Crippen MR) is 79.8 cm³/mol. The predicted octanol–water partition coefficient (Wildman–Crippen LogP) is 3.40. The Bertz CT molecular complexity index is 500. The van der Waals surface area contributed by atoms with Gasteiger partial charge in [0.1, 0.15) is 6.07 Å². The van der Waals surface area contributed by atoms with E-state index in [1.165, 1.54) is 0 Å². The lowest BCUT2D eigenvalue weighted by Crippen LogP contribution is -2.66.